The number of hydrogen-bond donors (Lipinski definition) is 1. The van der Waals surface area contributed by atoms with Crippen LogP contribution in [0, 0.1) is 12.7 Å². The van der Waals surface area contributed by atoms with Crippen molar-refractivity contribution >= 4 is 15.9 Å². The second-order valence-electron chi connectivity index (χ2n) is 3.95. The fraction of sp³-hybridized carbons (Fsp3) is 0.143. The minimum Gasteiger partial charge on any atom is -0.454 e. The zero-order valence-electron chi connectivity index (χ0n) is 9.78. The van der Waals surface area contributed by atoms with Gasteiger partial charge in [-0.3, -0.25) is 0 Å². The number of aliphatic hydroxyl groups excluding tert-OH is 1. The van der Waals surface area contributed by atoms with E-state index in [9.17, 15) is 9.50 Å². The van der Waals surface area contributed by atoms with Crippen molar-refractivity contribution in [3.63, 3.8) is 0 Å². The van der Waals surface area contributed by atoms with Gasteiger partial charge in [0.05, 0.1) is 6.61 Å². The number of aliphatic hydroxyl groups is 1. The Morgan fingerprint density at radius 1 is 1.17 bits per heavy atom. The predicted molar refractivity (Wildman–Crippen MR) is 71.3 cm³/mol. The van der Waals surface area contributed by atoms with E-state index >= 15 is 0 Å². The minimum atomic E-state index is -0.424. The molecule has 0 saturated heterocycles. The number of rotatable bonds is 3. The first kappa shape index (κ1) is 13.1. The molecule has 0 fully saturated rings. The lowest BCUT2D eigenvalue weighted by molar-refractivity contribution is 0.276. The van der Waals surface area contributed by atoms with Crippen LogP contribution in [0.2, 0.25) is 0 Å². The smallest absolute Gasteiger partial charge is 0.165 e. The summed E-state index contributed by atoms with van der Waals surface area (Å²) in [5, 5.41) is 9.25. The summed E-state index contributed by atoms with van der Waals surface area (Å²) in [6, 6.07) is 9.88. The largest absolute Gasteiger partial charge is 0.454 e. The molecule has 0 aliphatic rings. The van der Waals surface area contributed by atoms with Crippen molar-refractivity contribution in [2.24, 2.45) is 0 Å². The van der Waals surface area contributed by atoms with Crippen molar-refractivity contribution in [1.82, 2.24) is 0 Å². The normalized spacial score (nSPS) is 10.4. The van der Waals surface area contributed by atoms with Crippen LogP contribution >= 0.6 is 15.9 Å². The number of aryl methyl sites for hydroxylation is 1. The highest BCUT2D eigenvalue weighted by Gasteiger charge is 2.09. The van der Waals surface area contributed by atoms with Gasteiger partial charge in [0.1, 0.15) is 5.75 Å². The molecule has 4 heteroatoms. The first-order valence-electron chi connectivity index (χ1n) is 5.43. The standard InChI is InChI=1S/C14H12BrFO2/c1-9-2-4-12(16)14(6-9)18-13-5-3-11(15)7-10(13)8-17/h2-7,17H,8H2,1H3. The molecule has 2 nitrogen and oxygen atoms in total. The van der Waals surface area contributed by atoms with Gasteiger partial charge >= 0.3 is 0 Å². The zero-order valence-corrected chi connectivity index (χ0v) is 11.4. The summed E-state index contributed by atoms with van der Waals surface area (Å²) in [4.78, 5) is 0. The number of ether oxygens (including phenoxy) is 1. The third-order valence-corrected chi connectivity index (χ3v) is 2.99. The highest BCUT2D eigenvalue weighted by Crippen LogP contribution is 2.30. The van der Waals surface area contributed by atoms with E-state index in [-0.39, 0.29) is 12.4 Å². The Kier molecular flexibility index (Phi) is 3.99. The van der Waals surface area contributed by atoms with Crippen molar-refractivity contribution in [3.8, 4) is 11.5 Å². The topological polar surface area (TPSA) is 29.5 Å². The van der Waals surface area contributed by atoms with E-state index in [1.165, 1.54) is 6.07 Å². The molecule has 0 atom stereocenters. The highest BCUT2D eigenvalue weighted by atomic mass is 79.9. The van der Waals surface area contributed by atoms with Gasteiger partial charge in [0.25, 0.3) is 0 Å². The van der Waals surface area contributed by atoms with E-state index in [1.807, 2.05) is 6.92 Å². The van der Waals surface area contributed by atoms with Crippen LogP contribution in [0.5, 0.6) is 11.5 Å². The van der Waals surface area contributed by atoms with Crippen molar-refractivity contribution in [2.75, 3.05) is 0 Å². The van der Waals surface area contributed by atoms with Crippen molar-refractivity contribution in [3.05, 3.63) is 57.8 Å². The lowest BCUT2D eigenvalue weighted by atomic mass is 10.2. The second kappa shape index (κ2) is 5.50. The maximum Gasteiger partial charge on any atom is 0.165 e. The molecule has 0 radical (unpaired) electrons. The van der Waals surface area contributed by atoms with Crippen LogP contribution in [0.4, 0.5) is 4.39 Å². The Labute approximate surface area is 113 Å². The molecule has 0 saturated carbocycles. The molecule has 0 aliphatic heterocycles. The van der Waals surface area contributed by atoms with Crippen molar-refractivity contribution in [1.29, 1.82) is 0 Å². The SMILES string of the molecule is Cc1ccc(F)c(Oc2ccc(Br)cc2CO)c1. The molecule has 18 heavy (non-hydrogen) atoms. The summed E-state index contributed by atoms with van der Waals surface area (Å²) in [5.41, 5.74) is 1.51. The monoisotopic (exact) mass is 310 g/mol. The molecule has 0 aromatic heterocycles. The highest BCUT2D eigenvalue weighted by molar-refractivity contribution is 9.10. The number of benzene rings is 2. The average Bonchev–Trinajstić information content (AvgIpc) is 2.36. The molecule has 2 aromatic carbocycles. The maximum atomic E-state index is 13.6. The van der Waals surface area contributed by atoms with E-state index < -0.39 is 5.82 Å². The lowest BCUT2D eigenvalue weighted by Crippen LogP contribution is -1.94. The fourth-order valence-electron chi connectivity index (χ4n) is 1.58. The third kappa shape index (κ3) is 2.89. The fourth-order valence-corrected chi connectivity index (χ4v) is 1.99. The molecule has 2 rings (SSSR count). The molecule has 2 aromatic rings. The van der Waals surface area contributed by atoms with E-state index in [0.29, 0.717) is 11.3 Å². The number of halogens is 2. The molecule has 1 N–H and O–H groups in total. The average molecular weight is 311 g/mol. The van der Waals surface area contributed by atoms with Gasteiger partial charge in [-0.1, -0.05) is 22.0 Å². The second-order valence-corrected chi connectivity index (χ2v) is 4.86. The van der Waals surface area contributed by atoms with Crippen LogP contribution in [-0.4, -0.2) is 5.11 Å². The quantitative estimate of drug-likeness (QED) is 0.921. The summed E-state index contributed by atoms with van der Waals surface area (Å²) < 4.78 is 19.9. The Balaban J connectivity index is 2.36. The summed E-state index contributed by atoms with van der Waals surface area (Å²) in [6.07, 6.45) is 0. The van der Waals surface area contributed by atoms with Crippen LogP contribution in [0.1, 0.15) is 11.1 Å². The van der Waals surface area contributed by atoms with Gasteiger partial charge in [0.15, 0.2) is 11.6 Å². The summed E-state index contributed by atoms with van der Waals surface area (Å²) in [6.45, 7) is 1.70. The van der Waals surface area contributed by atoms with Gasteiger partial charge in [-0.25, -0.2) is 4.39 Å². The number of hydrogen-bond acceptors (Lipinski definition) is 2. The third-order valence-electron chi connectivity index (χ3n) is 2.50. The molecule has 0 aliphatic carbocycles. The Morgan fingerprint density at radius 3 is 2.67 bits per heavy atom. The summed E-state index contributed by atoms with van der Waals surface area (Å²) in [5.74, 6) is 0.185. The predicted octanol–water partition coefficient (Wildman–Crippen LogP) is 4.18. The Hall–Kier alpha value is -1.39. The molecule has 0 spiro atoms. The van der Waals surface area contributed by atoms with Gasteiger partial charge in [-0.15, -0.1) is 0 Å². The van der Waals surface area contributed by atoms with Crippen LogP contribution in [0.25, 0.3) is 0 Å². The van der Waals surface area contributed by atoms with Crippen LogP contribution in [0.15, 0.2) is 40.9 Å². The van der Waals surface area contributed by atoms with Gasteiger partial charge in [-0.05, 0) is 42.8 Å². The van der Waals surface area contributed by atoms with E-state index in [4.69, 9.17) is 4.74 Å². The van der Waals surface area contributed by atoms with E-state index in [0.717, 1.165) is 10.0 Å². The molecular formula is C14H12BrFO2. The molecular weight excluding hydrogens is 299 g/mol. The molecule has 0 bridgehead atoms. The van der Waals surface area contributed by atoms with Gasteiger partial charge in [0.2, 0.25) is 0 Å². The first-order valence-corrected chi connectivity index (χ1v) is 6.23. The van der Waals surface area contributed by atoms with Gasteiger partial charge in [-0.2, -0.15) is 0 Å². The first-order chi connectivity index (χ1) is 8.60. The summed E-state index contributed by atoms with van der Waals surface area (Å²) >= 11 is 3.31. The van der Waals surface area contributed by atoms with Crippen molar-refractivity contribution in [2.45, 2.75) is 13.5 Å². The minimum absolute atomic E-state index is 0.159. The molecule has 0 amide bonds. The van der Waals surface area contributed by atoms with Gasteiger partial charge in [0, 0.05) is 10.0 Å². The zero-order chi connectivity index (χ0) is 13.1. The molecule has 0 heterocycles. The van der Waals surface area contributed by atoms with Crippen LogP contribution in [0.3, 0.4) is 0 Å². The molecule has 94 valence electrons. The van der Waals surface area contributed by atoms with Crippen molar-refractivity contribution < 1.29 is 14.2 Å². The van der Waals surface area contributed by atoms with Gasteiger partial charge < -0.3 is 9.84 Å². The van der Waals surface area contributed by atoms with Crippen LogP contribution in [-0.2, 0) is 6.61 Å². The Bertz CT molecular complexity index is 570. The van der Waals surface area contributed by atoms with Crippen LogP contribution < -0.4 is 4.74 Å². The van der Waals surface area contributed by atoms with E-state index in [1.54, 1.807) is 30.3 Å². The van der Waals surface area contributed by atoms with E-state index in [2.05, 4.69) is 15.9 Å². The summed E-state index contributed by atoms with van der Waals surface area (Å²) in [7, 11) is 0. The maximum absolute atomic E-state index is 13.6. The molecule has 0 unspecified atom stereocenters. The lowest BCUT2D eigenvalue weighted by Gasteiger charge is -2.11. The Morgan fingerprint density at radius 2 is 1.94 bits per heavy atom.